The van der Waals surface area contributed by atoms with Gasteiger partial charge in [-0.3, -0.25) is 16.3 Å². The standard InChI is InChI=1S/C14H17N3S/c15-17-14(11-5-6-18-9-11)13-8-16-7-10-3-1-2-4-12(10)13/h1-4,7-8,11,14,17H,5-6,9,15H2. The molecule has 0 aliphatic carbocycles. The Hall–Kier alpha value is -1.10. The second-order valence-corrected chi connectivity index (χ2v) is 5.87. The first-order valence-electron chi connectivity index (χ1n) is 6.26. The van der Waals surface area contributed by atoms with Crippen molar-refractivity contribution in [1.82, 2.24) is 10.4 Å². The summed E-state index contributed by atoms with van der Waals surface area (Å²) in [6.07, 6.45) is 5.09. The van der Waals surface area contributed by atoms with Crippen LogP contribution in [-0.2, 0) is 0 Å². The Morgan fingerprint density at radius 1 is 1.33 bits per heavy atom. The topological polar surface area (TPSA) is 50.9 Å². The number of rotatable bonds is 3. The van der Waals surface area contributed by atoms with Crippen LogP contribution in [0.5, 0.6) is 0 Å². The van der Waals surface area contributed by atoms with Crippen LogP contribution in [0, 0.1) is 5.92 Å². The molecule has 2 atom stereocenters. The molecule has 1 aliphatic rings. The molecule has 1 aromatic heterocycles. The Morgan fingerprint density at radius 2 is 2.22 bits per heavy atom. The fraction of sp³-hybridized carbons (Fsp3) is 0.357. The maximum atomic E-state index is 5.79. The zero-order valence-corrected chi connectivity index (χ0v) is 11.0. The fourth-order valence-corrected chi connectivity index (χ4v) is 3.98. The van der Waals surface area contributed by atoms with Gasteiger partial charge in [0.05, 0.1) is 6.04 Å². The van der Waals surface area contributed by atoms with Gasteiger partial charge in [0, 0.05) is 17.8 Å². The number of hydrogen-bond donors (Lipinski definition) is 2. The fourth-order valence-electron chi connectivity index (χ4n) is 2.68. The van der Waals surface area contributed by atoms with E-state index >= 15 is 0 Å². The van der Waals surface area contributed by atoms with E-state index in [0.29, 0.717) is 5.92 Å². The van der Waals surface area contributed by atoms with Crippen molar-refractivity contribution < 1.29 is 0 Å². The molecule has 0 saturated carbocycles. The third-order valence-electron chi connectivity index (χ3n) is 3.65. The average molecular weight is 259 g/mol. The number of fused-ring (bicyclic) bond motifs is 1. The van der Waals surface area contributed by atoms with Crippen molar-refractivity contribution in [2.24, 2.45) is 11.8 Å². The number of hydrogen-bond acceptors (Lipinski definition) is 4. The third-order valence-corrected chi connectivity index (χ3v) is 4.84. The van der Waals surface area contributed by atoms with Crippen LogP contribution >= 0.6 is 11.8 Å². The van der Waals surface area contributed by atoms with Gasteiger partial charge in [0.2, 0.25) is 0 Å². The Bertz CT molecular complexity index is 532. The lowest BCUT2D eigenvalue weighted by Gasteiger charge is -2.23. The van der Waals surface area contributed by atoms with Crippen LogP contribution in [0.15, 0.2) is 36.7 Å². The van der Waals surface area contributed by atoms with Crippen molar-refractivity contribution in [2.75, 3.05) is 11.5 Å². The minimum atomic E-state index is 0.207. The average Bonchev–Trinajstić information content (AvgIpc) is 2.94. The lowest BCUT2D eigenvalue weighted by molar-refractivity contribution is 0.402. The molecule has 0 bridgehead atoms. The Morgan fingerprint density at radius 3 is 3.00 bits per heavy atom. The lowest BCUT2D eigenvalue weighted by atomic mass is 9.91. The first-order valence-corrected chi connectivity index (χ1v) is 7.42. The minimum Gasteiger partial charge on any atom is -0.271 e. The highest BCUT2D eigenvalue weighted by Crippen LogP contribution is 2.35. The van der Waals surface area contributed by atoms with Gasteiger partial charge < -0.3 is 0 Å². The van der Waals surface area contributed by atoms with Crippen LogP contribution < -0.4 is 11.3 Å². The molecule has 3 rings (SSSR count). The number of benzene rings is 1. The minimum absolute atomic E-state index is 0.207. The molecule has 2 heterocycles. The zero-order valence-electron chi connectivity index (χ0n) is 10.2. The Balaban J connectivity index is 2.06. The van der Waals surface area contributed by atoms with Crippen molar-refractivity contribution in [3.8, 4) is 0 Å². The van der Waals surface area contributed by atoms with E-state index < -0.39 is 0 Å². The number of aromatic nitrogens is 1. The van der Waals surface area contributed by atoms with Gasteiger partial charge in [0.1, 0.15) is 0 Å². The largest absolute Gasteiger partial charge is 0.271 e. The summed E-state index contributed by atoms with van der Waals surface area (Å²) in [5.41, 5.74) is 4.22. The maximum absolute atomic E-state index is 5.79. The Kier molecular flexibility index (Phi) is 3.50. The van der Waals surface area contributed by atoms with Gasteiger partial charge in [-0.15, -0.1) is 0 Å². The molecule has 1 fully saturated rings. The van der Waals surface area contributed by atoms with E-state index in [0.717, 1.165) is 0 Å². The first kappa shape index (κ1) is 12.0. The lowest BCUT2D eigenvalue weighted by Crippen LogP contribution is -2.33. The quantitative estimate of drug-likeness (QED) is 0.657. The SMILES string of the molecule is NNC(c1cncc2ccccc12)C1CCSC1. The monoisotopic (exact) mass is 259 g/mol. The molecule has 0 spiro atoms. The number of nitrogens with one attached hydrogen (secondary N) is 1. The van der Waals surface area contributed by atoms with Gasteiger partial charge in [-0.1, -0.05) is 24.3 Å². The van der Waals surface area contributed by atoms with E-state index in [1.807, 2.05) is 30.2 Å². The van der Waals surface area contributed by atoms with E-state index in [9.17, 15) is 0 Å². The molecule has 0 amide bonds. The molecular weight excluding hydrogens is 242 g/mol. The van der Waals surface area contributed by atoms with Gasteiger partial charge in [-0.2, -0.15) is 11.8 Å². The third kappa shape index (κ3) is 2.11. The molecule has 4 heteroatoms. The highest BCUT2D eigenvalue weighted by atomic mass is 32.2. The van der Waals surface area contributed by atoms with Crippen LogP contribution in [0.25, 0.3) is 10.8 Å². The predicted molar refractivity (Wildman–Crippen MR) is 77.2 cm³/mol. The summed E-state index contributed by atoms with van der Waals surface area (Å²) in [5.74, 6) is 8.81. The summed E-state index contributed by atoms with van der Waals surface area (Å²) in [5, 5.41) is 2.44. The van der Waals surface area contributed by atoms with Crippen molar-refractivity contribution in [2.45, 2.75) is 12.5 Å². The molecule has 3 N–H and O–H groups in total. The van der Waals surface area contributed by atoms with Gasteiger partial charge >= 0.3 is 0 Å². The molecule has 2 aromatic rings. The molecule has 1 saturated heterocycles. The van der Waals surface area contributed by atoms with Crippen LogP contribution in [0.3, 0.4) is 0 Å². The highest BCUT2D eigenvalue weighted by molar-refractivity contribution is 7.99. The maximum Gasteiger partial charge on any atom is 0.0517 e. The van der Waals surface area contributed by atoms with Crippen molar-refractivity contribution in [3.63, 3.8) is 0 Å². The Labute approximate surface area is 111 Å². The van der Waals surface area contributed by atoms with E-state index in [1.54, 1.807) is 0 Å². The summed E-state index contributed by atoms with van der Waals surface area (Å²) in [7, 11) is 0. The van der Waals surface area contributed by atoms with Crippen LogP contribution in [0.1, 0.15) is 18.0 Å². The summed E-state index contributed by atoms with van der Waals surface area (Å²) in [6.45, 7) is 0. The molecule has 3 nitrogen and oxygen atoms in total. The zero-order chi connectivity index (χ0) is 12.4. The van der Waals surface area contributed by atoms with Gasteiger partial charge in [0.25, 0.3) is 0 Å². The summed E-state index contributed by atoms with van der Waals surface area (Å²) < 4.78 is 0. The van der Waals surface area contributed by atoms with Crippen LogP contribution in [-0.4, -0.2) is 16.5 Å². The molecule has 1 aromatic carbocycles. The molecule has 0 radical (unpaired) electrons. The second-order valence-electron chi connectivity index (χ2n) is 4.72. The summed E-state index contributed by atoms with van der Waals surface area (Å²) >= 11 is 2.01. The molecule has 1 aliphatic heterocycles. The smallest absolute Gasteiger partial charge is 0.0517 e. The normalized spacial score (nSPS) is 21.3. The van der Waals surface area contributed by atoms with Crippen molar-refractivity contribution in [1.29, 1.82) is 0 Å². The van der Waals surface area contributed by atoms with Gasteiger partial charge in [0.15, 0.2) is 0 Å². The number of nitrogens with zero attached hydrogens (tertiary/aromatic N) is 1. The number of pyridine rings is 1. The summed E-state index contributed by atoms with van der Waals surface area (Å²) in [6, 6.07) is 8.58. The van der Waals surface area contributed by atoms with E-state index in [-0.39, 0.29) is 6.04 Å². The number of nitrogens with two attached hydrogens (primary N) is 1. The first-order chi connectivity index (χ1) is 8.90. The van der Waals surface area contributed by atoms with Gasteiger partial charge in [-0.25, -0.2) is 0 Å². The predicted octanol–water partition coefficient (Wildman–Crippen LogP) is 2.49. The number of thioether (sulfide) groups is 1. The highest BCUT2D eigenvalue weighted by Gasteiger charge is 2.27. The van der Waals surface area contributed by atoms with Crippen LogP contribution in [0.2, 0.25) is 0 Å². The van der Waals surface area contributed by atoms with Crippen LogP contribution in [0.4, 0.5) is 0 Å². The molecule has 94 valence electrons. The molecule has 18 heavy (non-hydrogen) atoms. The van der Waals surface area contributed by atoms with Crippen molar-refractivity contribution in [3.05, 3.63) is 42.2 Å². The number of hydrazine groups is 1. The summed E-state index contributed by atoms with van der Waals surface area (Å²) in [4.78, 5) is 4.35. The van der Waals surface area contributed by atoms with E-state index in [2.05, 4.69) is 28.6 Å². The molecular formula is C14H17N3S. The van der Waals surface area contributed by atoms with Gasteiger partial charge in [-0.05, 0) is 34.8 Å². The van der Waals surface area contributed by atoms with Crippen molar-refractivity contribution >= 4 is 22.5 Å². The second kappa shape index (κ2) is 5.26. The van der Waals surface area contributed by atoms with E-state index in [1.165, 1.54) is 34.3 Å². The molecule has 2 unspecified atom stereocenters. The van der Waals surface area contributed by atoms with E-state index in [4.69, 9.17) is 5.84 Å².